The van der Waals surface area contributed by atoms with Gasteiger partial charge < -0.3 is 4.90 Å². The lowest BCUT2D eigenvalue weighted by atomic mass is 9.98. The number of aromatic nitrogens is 1. The fourth-order valence-electron chi connectivity index (χ4n) is 5.80. The number of benzene rings is 2. The molecule has 0 saturated carbocycles. The molecule has 5 nitrogen and oxygen atoms in total. The van der Waals surface area contributed by atoms with E-state index in [1.807, 2.05) is 6.07 Å². The number of carbonyl (C=O) groups excluding carboxylic acids is 1. The Kier molecular flexibility index (Phi) is 8.61. The van der Waals surface area contributed by atoms with Crippen molar-refractivity contribution in [1.29, 1.82) is 0 Å². The number of halogens is 6. The van der Waals surface area contributed by atoms with Gasteiger partial charge in [0, 0.05) is 75.7 Å². The van der Waals surface area contributed by atoms with E-state index in [-0.39, 0.29) is 12.0 Å². The molecular weight excluding hydrogens is 558 g/mol. The number of hydrogen-bond donors (Lipinski definition) is 0. The Bertz CT molecular complexity index is 1410. The Morgan fingerprint density at radius 3 is 2.31 bits per heavy atom. The minimum atomic E-state index is -4.59. The van der Waals surface area contributed by atoms with Crippen LogP contribution < -0.4 is 0 Å². The zero-order chi connectivity index (χ0) is 30.1. The number of amides is 1. The molecule has 2 aliphatic rings. The van der Waals surface area contributed by atoms with Crippen LogP contribution in [0.15, 0.2) is 60.8 Å². The van der Waals surface area contributed by atoms with Crippen LogP contribution in [0.3, 0.4) is 0 Å². The van der Waals surface area contributed by atoms with Crippen molar-refractivity contribution >= 4 is 5.91 Å². The van der Waals surface area contributed by atoms with E-state index in [2.05, 4.69) is 20.9 Å². The largest absolute Gasteiger partial charge is 0.416 e. The van der Waals surface area contributed by atoms with E-state index < -0.39 is 35.4 Å². The number of fused-ring (bicyclic) bond motifs is 1. The Morgan fingerprint density at radius 1 is 0.881 bits per heavy atom. The molecule has 0 aliphatic carbocycles. The molecule has 5 rings (SSSR count). The number of hydrogen-bond acceptors (Lipinski definition) is 4. The number of nitrogens with zero attached hydrogens (tertiary/aromatic N) is 4. The predicted molar refractivity (Wildman–Crippen MR) is 146 cm³/mol. The van der Waals surface area contributed by atoms with Gasteiger partial charge in [0.15, 0.2) is 0 Å². The lowest BCUT2D eigenvalue weighted by Crippen LogP contribution is -2.57. The van der Waals surface area contributed by atoms with Gasteiger partial charge in [-0.1, -0.05) is 18.2 Å². The fourth-order valence-corrected chi connectivity index (χ4v) is 5.80. The van der Waals surface area contributed by atoms with Crippen molar-refractivity contribution in [1.82, 2.24) is 19.7 Å². The molecule has 42 heavy (non-hydrogen) atoms. The summed E-state index contributed by atoms with van der Waals surface area (Å²) in [5.74, 6) is -0.513. The number of aryl methyl sites for hydroxylation is 1. The number of piperazine rings is 1. The smallest absolute Gasteiger partial charge is 0.333 e. The van der Waals surface area contributed by atoms with Crippen LogP contribution in [0.1, 0.15) is 43.9 Å². The summed E-state index contributed by atoms with van der Waals surface area (Å²) in [7, 11) is 0. The molecule has 0 spiro atoms. The Labute approximate surface area is 240 Å². The SMILES string of the molecule is Cc1cc(C(=O)N2CCN(CCN3CCc4ncccc4C3)C[C@H]2Cc2ccc(C(F)(F)F)cc2)cc(C(F)(F)F)c1. The zero-order valence-electron chi connectivity index (χ0n) is 23.2. The summed E-state index contributed by atoms with van der Waals surface area (Å²) in [6.07, 6.45) is -6.11. The molecule has 3 heterocycles. The van der Waals surface area contributed by atoms with Crippen molar-refractivity contribution in [3.63, 3.8) is 0 Å². The molecule has 224 valence electrons. The normalized spacial score (nSPS) is 18.6. The number of carbonyl (C=O) groups is 1. The van der Waals surface area contributed by atoms with Gasteiger partial charge in [-0.3, -0.25) is 19.6 Å². The molecule has 1 atom stereocenters. The predicted octanol–water partition coefficient (Wildman–Crippen LogP) is 5.86. The fraction of sp³-hybridized carbons (Fsp3) is 0.419. The van der Waals surface area contributed by atoms with E-state index in [4.69, 9.17) is 0 Å². The van der Waals surface area contributed by atoms with Crippen LogP contribution in [0.25, 0.3) is 0 Å². The first-order valence-electron chi connectivity index (χ1n) is 13.9. The molecule has 0 bridgehead atoms. The first kappa shape index (κ1) is 30.0. The van der Waals surface area contributed by atoms with Crippen LogP contribution in [0.2, 0.25) is 0 Å². The topological polar surface area (TPSA) is 39.7 Å². The number of alkyl halides is 6. The minimum Gasteiger partial charge on any atom is -0.333 e. The summed E-state index contributed by atoms with van der Waals surface area (Å²) < 4.78 is 79.8. The van der Waals surface area contributed by atoms with Crippen LogP contribution in [0, 0.1) is 6.92 Å². The monoisotopic (exact) mass is 590 g/mol. The third kappa shape index (κ3) is 7.12. The third-order valence-corrected chi connectivity index (χ3v) is 8.01. The van der Waals surface area contributed by atoms with E-state index in [1.54, 1.807) is 11.1 Å². The average molecular weight is 591 g/mol. The molecule has 2 aromatic carbocycles. The van der Waals surface area contributed by atoms with Crippen molar-refractivity contribution in [3.8, 4) is 0 Å². The second-order valence-electron chi connectivity index (χ2n) is 11.1. The standard InChI is InChI=1S/C31H32F6N4O/c1-21-15-24(18-26(16-21)31(35,36)37)29(42)41-14-13-40(12-11-39-10-8-28-23(19-39)3-2-9-38-28)20-27(41)17-22-4-6-25(7-5-22)30(32,33)34/h2-7,9,15-16,18,27H,8,10-14,17,19-20H2,1H3/t27-/m1/s1. The van der Waals surface area contributed by atoms with Gasteiger partial charge in [0.2, 0.25) is 0 Å². The molecule has 1 aromatic heterocycles. The van der Waals surface area contributed by atoms with Gasteiger partial charge in [-0.05, 0) is 66.4 Å². The molecular formula is C31H32F6N4O. The average Bonchev–Trinajstić information content (AvgIpc) is 2.95. The molecule has 11 heteroatoms. The van der Waals surface area contributed by atoms with Crippen LogP contribution in [0.4, 0.5) is 26.3 Å². The zero-order valence-corrected chi connectivity index (χ0v) is 23.2. The quantitative estimate of drug-likeness (QED) is 0.338. The molecule has 0 unspecified atom stereocenters. The van der Waals surface area contributed by atoms with Crippen molar-refractivity contribution in [2.75, 3.05) is 39.3 Å². The first-order valence-corrected chi connectivity index (χ1v) is 13.9. The van der Waals surface area contributed by atoms with Gasteiger partial charge in [0.25, 0.3) is 5.91 Å². The maximum atomic E-state index is 13.6. The van der Waals surface area contributed by atoms with E-state index in [9.17, 15) is 31.1 Å². The minimum absolute atomic E-state index is 0.0474. The number of pyridine rings is 1. The van der Waals surface area contributed by atoms with E-state index in [1.165, 1.54) is 30.7 Å². The van der Waals surface area contributed by atoms with E-state index in [0.717, 1.165) is 62.6 Å². The maximum absolute atomic E-state index is 13.6. The molecule has 3 aromatic rings. The van der Waals surface area contributed by atoms with Gasteiger partial charge in [-0.15, -0.1) is 0 Å². The summed E-state index contributed by atoms with van der Waals surface area (Å²) in [6, 6.07) is 11.7. The highest BCUT2D eigenvalue weighted by atomic mass is 19.4. The lowest BCUT2D eigenvalue weighted by molar-refractivity contribution is -0.138. The van der Waals surface area contributed by atoms with Crippen LogP contribution in [-0.4, -0.2) is 70.9 Å². The maximum Gasteiger partial charge on any atom is 0.416 e. The summed E-state index contributed by atoms with van der Waals surface area (Å²) in [6.45, 7) is 6.00. The van der Waals surface area contributed by atoms with Gasteiger partial charge >= 0.3 is 12.4 Å². The summed E-state index contributed by atoms with van der Waals surface area (Å²) >= 11 is 0. The first-order chi connectivity index (χ1) is 19.9. The van der Waals surface area contributed by atoms with Crippen molar-refractivity contribution in [2.24, 2.45) is 0 Å². The Balaban J connectivity index is 1.32. The van der Waals surface area contributed by atoms with Gasteiger partial charge in [0.05, 0.1) is 11.1 Å². The summed E-state index contributed by atoms with van der Waals surface area (Å²) in [5.41, 5.74) is 1.56. The molecule has 1 amide bonds. The molecule has 1 fully saturated rings. The second kappa shape index (κ2) is 12.0. The summed E-state index contributed by atoms with van der Waals surface area (Å²) in [5, 5.41) is 0. The highest BCUT2D eigenvalue weighted by Gasteiger charge is 2.35. The van der Waals surface area contributed by atoms with Crippen LogP contribution >= 0.6 is 0 Å². The van der Waals surface area contributed by atoms with Crippen LogP contribution in [-0.2, 0) is 31.7 Å². The summed E-state index contributed by atoms with van der Waals surface area (Å²) in [4.78, 5) is 24.2. The van der Waals surface area contributed by atoms with E-state index in [0.29, 0.717) is 30.8 Å². The Morgan fingerprint density at radius 2 is 1.60 bits per heavy atom. The van der Waals surface area contributed by atoms with Crippen LogP contribution in [0.5, 0.6) is 0 Å². The molecule has 0 radical (unpaired) electrons. The van der Waals surface area contributed by atoms with E-state index >= 15 is 0 Å². The Hall–Kier alpha value is -3.44. The van der Waals surface area contributed by atoms with Gasteiger partial charge in [-0.2, -0.15) is 26.3 Å². The highest BCUT2D eigenvalue weighted by Crippen LogP contribution is 2.32. The van der Waals surface area contributed by atoms with Crippen molar-refractivity contribution < 1.29 is 31.1 Å². The van der Waals surface area contributed by atoms with Crippen molar-refractivity contribution in [3.05, 3.63) is 99.9 Å². The second-order valence-corrected chi connectivity index (χ2v) is 11.1. The number of rotatable bonds is 6. The van der Waals surface area contributed by atoms with Crippen molar-refractivity contribution in [2.45, 2.75) is 44.7 Å². The van der Waals surface area contributed by atoms with Gasteiger partial charge in [0.1, 0.15) is 0 Å². The molecule has 2 aliphatic heterocycles. The molecule has 0 N–H and O–H groups in total. The lowest BCUT2D eigenvalue weighted by Gasteiger charge is -2.42. The highest BCUT2D eigenvalue weighted by molar-refractivity contribution is 5.95. The third-order valence-electron chi connectivity index (χ3n) is 8.01. The molecule has 1 saturated heterocycles. The van der Waals surface area contributed by atoms with Gasteiger partial charge in [-0.25, -0.2) is 0 Å².